The molecule has 0 aliphatic carbocycles. The number of hydrogen-bond acceptors (Lipinski definition) is 4. The quantitative estimate of drug-likeness (QED) is 0.483. The first-order valence-electron chi connectivity index (χ1n) is 7.51. The van der Waals surface area contributed by atoms with Gasteiger partial charge in [0.2, 0.25) is 5.91 Å². The lowest BCUT2D eigenvalue weighted by atomic mass is 9.79. The molecule has 0 bridgehead atoms. The van der Waals surface area contributed by atoms with Gasteiger partial charge in [0.1, 0.15) is 0 Å². The predicted molar refractivity (Wildman–Crippen MR) is 90.5 cm³/mol. The average Bonchev–Trinajstić information content (AvgIpc) is 2.58. The fourth-order valence-electron chi connectivity index (χ4n) is 1.83. The van der Waals surface area contributed by atoms with Crippen molar-refractivity contribution in [1.82, 2.24) is 5.32 Å². The van der Waals surface area contributed by atoms with Crippen LogP contribution in [-0.2, 0) is 14.1 Å². The van der Waals surface area contributed by atoms with Crippen LogP contribution in [0.3, 0.4) is 0 Å². The lowest BCUT2D eigenvalue weighted by Gasteiger charge is -2.32. The molecule has 0 spiro atoms. The molecule has 0 aromatic rings. The van der Waals surface area contributed by atoms with Crippen LogP contribution in [0, 0.1) is 5.92 Å². The highest BCUT2D eigenvalue weighted by Crippen LogP contribution is 2.38. The monoisotopic (exact) mass is 306 g/mol. The molecular formula is C16H27BN2O3. The molecule has 1 aliphatic rings. The van der Waals surface area contributed by atoms with Crippen LogP contribution in [0.15, 0.2) is 28.4 Å². The highest BCUT2D eigenvalue weighted by atomic mass is 16.7. The zero-order valence-corrected chi connectivity index (χ0v) is 14.7. The molecule has 1 saturated heterocycles. The summed E-state index contributed by atoms with van der Waals surface area (Å²) in [5.74, 6) is -0.188. The SMILES string of the molecule is C=N/C=C(\C=C(/C)B1OC(C)(C)C(C)(C)O1)NC(=O)C(C)C. The maximum Gasteiger partial charge on any atom is 0.490 e. The van der Waals surface area contributed by atoms with Crippen molar-refractivity contribution in [3.63, 3.8) is 0 Å². The lowest BCUT2D eigenvalue weighted by molar-refractivity contribution is -0.123. The highest BCUT2D eigenvalue weighted by molar-refractivity contribution is 6.54. The summed E-state index contributed by atoms with van der Waals surface area (Å²) >= 11 is 0. The Bertz CT molecular complexity index is 492. The number of carbonyl (C=O) groups excluding carboxylic acids is 1. The average molecular weight is 306 g/mol. The lowest BCUT2D eigenvalue weighted by Crippen LogP contribution is -2.41. The van der Waals surface area contributed by atoms with Crippen molar-refractivity contribution in [1.29, 1.82) is 0 Å². The van der Waals surface area contributed by atoms with Gasteiger partial charge in [-0.1, -0.05) is 13.8 Å². The first-order chi connectivity index (χ1) is 10.00. The van der Waals surface area contributed by atoms with Crippen LogP contribution in [0.1, 0.15) is 48.5 Å². The Morgan fingerprint density at radius 2 is 1.73 bits per heavy atom. The van der Waals surface area contributed by atoms with Crippen LogP contribution in [0.4, 0.5) is 0 Å². The zero-order chi connectivity index (χ0) is 17.1. The Hall–Kier alpha value is -1.40. The van der Waals surface area contributed by atoms with Crippen LogP contribution < -0.4 is 5.32 Å². The van der Waals surface area contributed by atoms with E-state index in [0.717, 1.165) is 5.47 Å². The van der Waals surface area contributed by atoms with Crippen molar-refractivity contribution < 1.29 is 14.1 Å². The van der Waals surface area contributed by atoms with E-state index in [1.165, 1.54) is 6.20 Å². The molecule has 0 unspecified atom stereocenters. The van der Waals surface area contributed by atoms with Gasteiger partial charge in [-0.05, 0) is 52.9 Å². The van der Waals surface area contributed by atoms with Crippen LogP contribution in [0.25, 0.3) is 0 Å². The summed E-state index contributed by atoms with van der Waals surface area (Å²) in [6.45, 7) is 17.0. The number of amides is 1. The molecule has 1 aliphatic heterocycles. The second kappa shape index (κ2) is 6.79. The van der Waals surface area contributed by atoms with E-state index < -0.39 is 18.3 Å². The molecule has 0 atom stereocenters. The Morgan fingerprint density at radius 3 is 2.14 bits per heavy atom. The largest absolute Gasteiger partial charge is 0.490 e. The summed E-state index contributed by atoms with van der Waals surface area (Å²) in [6.07, 6.45) is 3.31. The minimum Gasteiger partial charge on any atom is -0.400 e. The van der Waals surface area contributed by atoms with Gasteiger partial charge in [-0.3, -0.25) is 9.79 Å². The minimum absolute atomic E-state index is 0.0760. The fourth-order valence-corrected chi connectivity index (χ4v) is 1.83. The van der Waals surface area contributed by atoms with Gasteiger partial charge in [-0.25, -0.2) is 0 Å². The van der Waals surface area contributed by atoms with Gasteiger partial charge in [-0.15, -0.1) is 0 Å². The Morgan fingerprint density at radius 1 is 1.23 bits per heavy atom. The Labute approximate surface area is 134 Å². The van der Waals surface area contributed by atoms with Gasteiger partial charge < -0.3 is 14.6 Å². The number of rotatable bonds is 5. The van der Waals surface area contributed by atoms with E-state index in [1.807, 2.05) is 48.5 Å². The normalized spacial score (nSPS) is 21.2. The number of allylic oxidation sites excluding steroid dienone is 2. The molecule has 122 valence electrons. The van der Waals surface area contributed by atoms with Gasteiger partial charge in [0.15, 0.2) is 0 Å². The smallest absolute Gasteiger partial charge is 0.400 e. The van der Waals surface area contributed by atoms with E-state index in [2.05, 4.69) is 17.0 Å². The number of nitrogens with zero attached hydrogens (tertiary/aromatic N) is 1. The third kappa shape index (κ3) is 4.30. The fraction of sp³-hybridized carbons (Fsp3) is 0.625. The van der Waals surface area contributed by atoms with Crippen LogP contribution >= 0.6 is 0 Å². The number of carbonyl (C=O) groups is 1. The highest BCUT2D eigenvalue weighted by Gasteiger charge is 2.51. The third-order valence-electron chi connectivity index (χ3n) is 4.03. The molecule has 6 heteroatoms. The van der Waals surface area contributed by atoms with E-state index in [4.69, 9.17) is 9.31 Å². The van der Waals surface area contributed by atoms with Crippen LogP contribution in [-0.4, -0.2) is 30.9 Å². The van der Waals surface area contributed by atoms with Crippen molar-refractivity contribution in [3.05, 3.63) is 23.4 Å². The van der Waals surface area contributed by atoms with Crippen LogP contribution in [0.2, 0.25) is 0 Å². The van der Waals surface area contributed by atoms with Crippen molar-refractivity contribution in [2.75, 3.05) is 0 Å². The molecule has 1 N–H and O–H groups in total. The molecule has 1 amide bonds. The molecule has 0 saturated carbocycles. The number of nitrogens with one attached hydrogen (secondary N) is 1. The van der Waals surface area contributed by atoms with E-state index in [0.29, 0.717) is 5.70 Å². The molecule has 0 radical (unpaired) electrons. The summed E-state index contributed by atoms with van der Waals surface area (Å²) in [7, 11) is -0.450. The predicted octanol–water partition coefficient (Wildman–Crippen LogP) is 2.88. The number of aliphatic imine (C=N–C) groups is 1. The standard InChI is InChI=1S/C16H27BN2O3/c1-11(2)14(20)19-13(10-18-8)9-12(3)17-21-15(4,5)16(6,7)22-17/h9-11H,8H2,1-7H3,(H,19,20)/b12-9+,13-10+. The molecule has 0 aromatic heterocycles. The van der Waals surface area contributed by atoms with Gasteiger partial charge in [0, 0.05) is 12.1 Å². The molecule has 5 nitrogen and oxygen atoms in total. The maximum atomic E-state index is 11.8. The first-order valence-corrected chi connectivity index (χ1v) is 7.51. The first kappa shape index (κ1) is 18.7. The van der Waals surface area contributed by atoms with Gasteiger partial charge in [0.05, 0.1) is 16.9 Å². The Kier molecular flexibility index (Phi) is 5.76. The summed E-state index contributed by atoms with van der Waals surface area (Å²) < 4.78 is 12.0. The van der Waals surface area contributed by atoms with E-state index in [1.54, 1.807) is 6.08 Å². The second-order valence-corrected chi connectivity index (χ2v) is 6.89. The van der Waals surface area contributed by atoms with E-state index in [9.17, 15) is 4.79 Å². The summed E-state index contributed by atoms with van der Waals surface area (Å²) in [6, 6.07) is 0. The van der Waals surface area contributed by atoms with Gasteiger partial charge >= 0.3 is 7.12 Å². The Balaban J connectivity index is 2.92. The van der Waals surface area contributed by atoms with E-state index >= 15 is 0 Å². The summed E-state index contributed by atoms with van der Waals surface area (Å²) in [5, 5.41) is 2.81. The van der Waals surface area contributed by atoms with Crippen molar-refractivity contribution in [3.8, 4) is 0 Å². The second-order valence-electron chi connectivity index (χ2n) is 6.89. The summed E-state index contributed by atoms with van der Waals surface area (Å²) in [5.41, 5.74) is 0.641. The van der Waals surface area contributed by atoms with Crippen molar-refractivity contribution in [2.45, 2.75) is 59.7 Å². The zero-order valence-electron chi connectivity index (χ0n) is 14.7. The van der Waals surface area contributed by atoms with E-state index in [-0.39, 0.29) is 11.8 Å². The van der Waals surface area contributed by atoms with Crippen molar-refractivity contribution in [2.24, 2.45) is 10.9 Å². The van der Waals surface area contributed by atoms with Crippen LogP contribution in [0.5, 0.6) is 0 Å². The number of hydrogen-bond donors (Lipinski definition) is 1. The molecular weight excluding hydrogens is 279 g/mol. The molecule has 1 fully saturated rings. The van der Waals surface area contributed by atoms with Gasteiger partial charge in [0.25, 0.3) is 0 Å². The maximum absolute atomic E-state index is 11.8. The molecule has 1 rings (SSSR count). The van der Waals surface area contributed by atoms with Gasteiger partial charge in [-0.2, -0.15) is 0 Å². The molecule has 1 heterocycles. The molecule has 0 aromatic carbocycles. The summed E-state index contributed by atoms with van der Waals surface area (Å²) in [4.78, 5) is 15.6. The topological polar surface area (TPSA) is 59.9 Å². The minimum atomic E-state index is -0.450. The van der Waals surface area contributed by atoms with Crippen molar-refractivity contribution >= 4 is 19.7 Å². The molecule has 22 heavy (non-hydrogen) atoms. The third-order valence-corrected chi connectivity index (χ3v) is 4.03.